The van der Waals surface area contributed by atoms with Crippen LogP contribution in [0.3, 0.4) is 0 Å². The fraction of sp³-hybridized carbons (Fsp3) is 0.200. The lowest BCUT2D eigenvalue weighted by atomic mass is 9.98. The molecule has 0 aliphatic rings. The highest BCUT2D eigenvalue weighted by molar-refractivity contribution is 9.10. The first kappa shape index (κ1) is 12.3. The zero-order chi connectivity index (χ0) is 12.4. The zero-order valence-electron chi connectivity index (χ0n) is 9.94. The molecule has 0 aromatic heterocycles. The topological polar surface area (TPSA) is 20.2 Å². The Labute approximate surface area is 110 Å². The highest BCUT2D eigenvalue weighted by Gasteiger charge is 2.11. The molecular formula is C15H15BrO. The third-order valence-corrected chi connectivity index (χ3v) is 3.50. The highest BCUT2D eigenvalue weighted by atomic mass is 79.9. The van der Waals surface area contributed by atoms with E-state index in [1.54, 1.807) is 0 Å². The summed E-state index contributed by atoms with van der Waals surface area (Å²) in [7, 11) is 0. The quantitative estimate of drug-likeness (QED) is 0.881. The Morgan fingerprint density at radius 1 is 0.941 bits per heavy atom. The zero-order valence-corrected chi connectivity index (χ0v) is 11.5. The van der Waals surface area contributed by atoms with Crippen molar-refractivity contribution in [3.8, 4) is 0 Å². The molecule has 1 N–H and O–H groups in total. The van der Waals surface area contributed by atoms with E-state index in [0.717, 1.165) is 15.6 Å². The third kappa shape index (κ3) is 2.76. The SMILES string of the molecule is Cc1ccc([C@@H](O)c2cccc(Br)c2)cc1C. The van der Waals surface area contributed by atoms with E-state index in [0.29, 0.717) is 0 Å². The molecule has 0 radical (unpaired) electrons. The van der Waals surface area contributed by atoms with Gasteiger partial charge in [-0.2, -0.15) is 0 Å². The molecule has 0 saturated heterocycles. The van der Waals surface area contributed by atoms with E-state index in [4.69, 9.17) is 0 Å². The fourth-order valence-electron chi connectivity index (χ4n) is 1.80. The second kappa shape index (κ2) is 5.03. The largest absolute Gasteiger partial charge is 0.384 e. The summed E-state index contributed by atoms with van der Waals surface area (Å²) in [6.07, 6.45) is -0.563. The molecule has 0 amide bonds. The number of aryl methyl sites for hydroxylation is 2. The molecule has 0 spiro atoms. The molecular weight excluding hydrogens is 276 g/mol. The van der Waals surface area contributed by atoms with Crippen LogP contribution >= 0.6 is 15.9 Å². The average molecular weight is 291 g/mol. The molecule has 0 fully saturated rings. The maximum absolute atomic E-state index is 10.3. The summed E-state index contributed by atoms with van der Waals surface area (Å²) in [6, 6.07) is 13.8. The van der Waals surface area contributed by atoms with Crippen LogP contribution in [0.25, 0.3) is 0 Å². The Morgan fingerprint density at radius 2 is 1.65 bits per heavy atom. The lowest BCUT2D eigenvalue weighted by Crippen LogP contribution is -2.00. The average Bonchev–Trinajstić information content (AvgIpc) is 2.32. The fourth-order valence-corrected chi connectivity index (χ4v) is 2.22. The number of rotatable bonds is 2. The van der Waals surface area contributed by atoms with Crippen LogP contribution < -0.4 is 0 Å². The van der Waals surface area contributed by atoms with Crippen LogP contribution in [0.5, 0.6) is 0 Å². The first-order valence-corrected chi connectivity index (χ1v) is 6.38. The van der Waals surface area contributed by atoms with Crippen LogP contribution in [-0.4, -0.2) is 5.11 Å². The van der Waals surface area contributed by atoms with E-state index in [2.05, 4.69) is 29.8 Å². The molecule has 0 aliphatic heterocycles. The number of halogens is 1. The Bertz CT molecular complexity index is 534. The van der Waals surface area contributed by atoms with Crippen molar-refractivity contribution in [2.45, 2.75) is 20.0 Å². The predicted octanol–water partition coefficient (Wildman–Crippen LogP) is 4.15. The molecule has 2 aromatic rings. The summed E-state index contributed by atoms with van der Waals surface area (Å²) in [6.45, 7) is 4.14. The molecule has 0 heterocycles. The Balaban J connectivity index is 2.36. The summed E-state index contributed by atoms with van der Waals surface area (Å²) in [5.41, 5.74) is 4.29. The summed E-state index contributed by atoms with van der Waals surface area (Å²) in [5, 5.41) is 10.3. The van der Waals surface area contributed by atoms with Crippen molar-refractivity contribution in [3.63, 3.8) is 0 Å². The molecule has 2 rings (SSSR count). The van der Waals surface area contributed by atoms with E-state index < -0.39 is 6.10 Å². The van der Waals surface area contributed by atoms with Gasteiger partial charge in [-0.15, -0.1) is 0 Å². The number of hydrogen-bond acceptors (Lipinski definition) is 1. The minimum atomic E-state index is -0.563. The lowest BCUT2D eigenvalue weighted by molar-refractivity contribution is 0.220. The van der Waals surface area contributed by atoms with Gasteiger partial charge in [-0.25, -0.2) is 0 Å². The van der Waals surface area contributed by atoms with Gasteiger partial charge in [0, 0.05) is 4.47 Å². The van der Waals surface area contributed by atoms with Gasteiger partial charge in [-0.1, -0.05) is 46.3 Å². The van der Waals surface area contributed by atoms with Gasteiger partial charge in [-0.3, -0.25) is 0 Å². The van der Waals surface area contributed by atoms with Crippen LogP contribution in [0.2, 0.25) is 0 Å². The van der Waals surface area contributed by atoms with Crippen molar-refractivity contribution in [2.75, 3.05) is 0 Å². The van der Waals surface area contributed by atoms with E-state index in [-0.39, 0.29) is 0 Å². The number of hydrogen-bond donors (Lipinski definition) is 1. The van der Waals surface area contributed by atoms with E-state index >= 15 is 0 Å². The van der Waals surface area contributed by atoms with Crippen molar-refractivity contribution < 1.29 is 5.11 Å². The third-order valence-electron chi connectivity index (χ3n) is 3.01. The predicted molar refractivity (Wildman–Crippen MR) is 74.1 cm³/mol. The Kier molecular flexibility index (Phi) is 3.65. The van der Waals surface area contributed by atoms with E-state index in [9.17, 15) is 5.11 Å². The van der Waals surface area contributed by atoms with Gasteiger partial charge in [0.1, 0.15) is 6.10 Å². The van der Waals surface area contributed by atoms with Gasteiger partial charge < -0.3 is 5.11 Å². The molecule has 17 heavy (non-hydrogen) atoms. The smallest absolute Gasteiger partial charge is 0.104 e. The Morgan fingerprint density at radius 3 is 2.29 bits per heavy atom. The van der Waals surface area contributed by atoms with Crippen molar-refractivity contribution in [3.05, 3.63) is 69.2 Å². The van der Waals surface area contributed by atoms with Gasteiger partial charge in [-0.05, 0) is 48.2 Å². The van der Waals surface area contributed by atoms with E-state index in [1.807, 2.05) is 42.5 Å². The number of aliphatic hydroxyl groups is 1. The number of aliphatic hydroxyl groups excluding tert-OH is 1. The van der Waals surface area contributed by atoms with Gasteiger partial charge in [0.25, 0.3) is 0 Å². The lowest BCUT2D eigenvalue weighted by Gasteiger charge is -2.13. The van der Waals surface area contributed by atoms with Crippen LogP contribution in [0.4, 0.5) is 0 Å². The minimum absolute atomic E-state index is 0.563. The maximum Gasteiger partial charge on any atom is 0.104 e. The summed E-state index contributed by atoms with van der Waals surface area (Å²) >= 11 is 3.42. The first-order valence-electron chi connectivity index (χ1n) is 5.58. The second-order valence-electron chi connectivity index (χ2n) is 4.30. The molecule has 88 valence electrons. The highest BCUT2D eigenvalue weighted by Crippen LogP contribution is 2.25. The molecule has 1 atom stereocenters. The summed E-state index contributed by atoms with van der Waals surface area (Å²) < 4.78 is 0.984. The van der Waals surface area contributed by atoms with Crippen LogP contribution in [0.15, 0.2) is 46.9 Å². The molecule has 0 saturated carbocycles. The van der Waals surface area contributed by atoms with Gasteiger partial charge in [0.2, 0.25) is 0 Å². The van der Waals surface area contributed by atoms with Gasteiger partial charge in [0.05, 0.1) is 0 Å². The van der Waals surface area contributed by atoms with E-state index in [1.165, 1.54) is 11.1 Å². The molecule has 2 heteroatoms. The normalized spacial score (nSPS) is 12.5. The molecule has 0 unspecified atom stereocenters. The molecule has 2 aromatic carbocycles. The number of benzene rings is 2. The van der Waals surface area contributed by atoms with Crippen molar-refractivity contribution in [2.24, 2.45) is 0 Å². The second-order valence-corrected chi connectivity index (χ2v) is 5.22. The van der Waals surface area contributed by atoms with Crippen molar-refractivity contribution in [1.82, 2.24) is 0 Å². The van der Waals surface area contributed by atoms with Gasteiger partial charge in [0.15, 0.2) is 0 Å². The minimum Gasteiger partial charge on any atom is -0.384 e. The standard InChI is InChI=1S/C15H15BrO/c1-10-6-7-13(8-11(10)2)15(17)12-4-3-5-14(16)9-12/h3-9,15,17H,1-2H3/t15-/m0/s1. The molecule has 1 nitrogen and oxygen atoms in total. The first-order chi connectivity index (χ1) is 8.08. The maximum atomic E-state index is 10.3. The summed E-state index contributed by atoms with van der Waals surface area (Å²) in [4.78, 5) is 0. The molecule has 0 aliphatic carbocycles. The Hall–Kier alpha value is -1.12. The molecule has 0 bridgehead atoms. The van der Waals surface area contributed by atoms with Crippen LogP contribution in [-0.2, 0) is 0 Å². The van der Waals surface area contributed by atoms with Crippen LogP contribution in [0, 0.1) is 13.8 Å². The van der Waals surface area contributed by atoms with Gasteiger partial charge >= 0.3 is 0 Å². The van der Waals surface area contributed by atoms with Crippen LogP contribution in [0.1, 0.15) is 28.4 Å². The van der Waals surface area contributed by atoms with Crippen molar-refractivity contribution in [1.29, 1.82) is 0 Å². The van der Waals surface area contributed by atoms with Crippen molar-refractivity contribution >= 4 is 15.9 Å². The monoisotopic (exact) mass is 290 g/mol. The summed E-state index contributed by atoms with van der Waals surface area (Å²) in [5.74, 6) is 0.